The van der Waals surface area contributed by atoms with Crippen molar-refractivity contribution in [3.8, 4) is 45.6 Å². The molecule has 1 aliphatic rings. The van der Waals surface area contributed by atoms with Crippen LogP contribution in [0.2, 0.25) is 0 Å². The van der Waals surface area contributed by atoms with Crippen LogP contribution in [0.15, 0.2) is 63.8 Å². The zero-order valence-electron chi connectivity index (χ0n) is 25.3. The molecule has 0 fully saturated rings. The minimum atomic E-state index is -1.39. The zero-order valence-corrected chi connectivity index (χ0v) is 25.3. The van der Waals surface area contributed by atoms with Gasteiger partial charge < -0.3 is 44.4 Å². The second-order valence-electron chi connectivity index (χ2n) is 11.0. The van der Waals surface area contributed by atoms with E-state index in [0.717, 1.165) is 5.56 Å². The van der Waals surface area contributed by atoms with Crippen molar-refractivity contribution in [3.05, 3.63) is 76.2 Å². The van der Waals surface area contributed by atoms with Gasteiger partial charge in [-0.15, -0.1) is 0 Å². The quantitative estimate of drug-likeness (QED) is 0.163. The lowest BCUT2D eigenvalue weighted by molar-refractivity contribution is -0.142. The molecule has 1 atom stereocenters. The van der Waals surface area contributed by atoms with Gasteiger partial charge in [0.15, 0.2) is 11.5 Å². The van der Waals surface area contributed by atoms with Gasteiger partial charge in [0, 0.05) is 12.5 Å². The van der Waals surface area contributed by atoms with E-state index in [4.69, 9.17) is 39.3 Å². The van der Waals surface area contributed by atoms with Crippen LogP contribution in [0, 0.1) is 0 Å². The summed E-state index contributed by atoms with van der Waals surface area (Å²) in [5.41, 5.74) is 5.81. The van der Waals surface area contributed by atoms with Crippen LogP contribution in [0.25, 0.3) is 28.2 Å². The molecule has 232 valence electrons. The van der Waals surface area contributed by atoms with E-state index in [1.54, 1.807) is 44.6 Å². The number of carbonyl (C=O) groups is 1. The van der Waals surface area contributed by atoms with Gasteiger partial charge in [-0.25, -0.2) is 4.79 Å². The van der Waals surface area contributed by atoms with Gasteiger partial charge in [0.2, 0.25) is 0 Å². The Bertz CT molecular complexity index is 1790. The van der Waals surface area contributed by atoms with E-state index >= 15 is 0 Å². The number of phenols is 2. The lowest BCUT2D eigenvalue weighted by atomic mass is 9.94. The molecule has 0 saturated carbocycles. The number of benzene rings is 3. The van der Waals surface area contributed by atoms with Crippen LogP contribution in [0.3, 0.4) is 0 Å². The lowest BCUT2D eigenvalue weighted by Crippen LogP contribution is -2.46. The summed E-state index contributed by atoms with van der Waals surface area (Å²) in [6.07, 6.45) is 3.99. The van der Waals surface area contributed by atoms with Crippen LogP contribution in [0.1, 0.15) is 31.9 Å². The topological polar surface area (TPSA) is 171 Å². The number of phenolic OH excluding ortho intramolecular Hbond substituents is 2. The Morgan fingerprint density at radius 2 is 1.61 bits per heavy atom. The van der Waals surface area contributed by atoms with E-state index in [1.807, 2.05) is 26.0 Å². The molecular formula is C33H35NO10. The summed E-state index contributed by atoms with van der Waals surface area (Å²) in [7, 11) is 4.68. The maximum absolute atomic E-state index is 12.9. The average Bonchev–Trinajstić information content (AvgIpc) is 2.97. The number of hydrogen-bond donors (Lipinski definition) is 4. The maximum Gasteiger partial charge on any atom is 0.347 e. The predicted octanol–water partition coefficient (Wildman–Crippen LogP) is 5.11. The van der Waals surface area contributed by atoms with E-state index < -0.39 is 22.7 Å². The fourth-order valence-electron chi connectivity index (χ4n) is 4.74. The van der Waals surface area contributed by atoms with Crippen molar-refractivity contribution in [1.29, 1.82) is 0 Å². The summed E-state index contributed by atoms with van der Waals surface area (Å²) < 4.78 is 28.3. The first-order valence-electron chi connectivity index (χ1n) is 13.5. The first kappa shape index (κ1) is 31.8. The molecule has 0 radical (unpaired) electrons. The van der Waals surface area contributed by atoms with Gasteiger partial charge in [-0.3, -0.25) is 4.79 Å². The molecule has 5 N–H and O–H groups in total. The summed E-state index contributed by atoms with van der Waals surface area (Å²) >= 11 is 0. The molecule has 1 unspecified atom stereocenters. The fourth-order valence-corrected chi connectivity index (χ4v) is 4.74. The SMILES string of the molecule is CC(N)(Cc1ccc(O)c(O)c1)C(=O)O.COc1ccc(-c2c(OC)c3c(OC)c4c(cc3oc2=O)OC(C)(C)C=C4)cc1. The summed E-state index contributed by atoms with van der Waals surface area (Å²) in [5, 5.41) is 27.6. The van der Waals surface area contributed by atoms with Crippen LogP contribution in [-0.4, -0.2) is 53.8 Å². The van der Waals surface area contributed by atoms with Gasteiger partial charge in [0.1, 0.15) is 50.7 Å². The molecule has 4 aromatic rings. The van der Waals surface area contributed by atoms with Crippen LogP contribution >= 0.6 is 0 Å². The molecule has 2 heterocycles. The highest BCUT2D eigenvalue weighted by Crippen LogP contribution is 2.47. The second kappa shape index (κ2) is 12.2. The normalized spacial score (nSPS) is 14.3. The Hall–Kier alpha value is -5.16. The van der Waals surface area contributed by atoms with Crippen molar-refractivity contribution in [2.45, 2.75) is 38.3 Å². The zero-order chi connectivity index (χ0) is 32.4. The van der Waals surface area contributed by atoms with Crippen molar-refractivity contribution in [3.63, 3.8) is 0 Å². The number of aromatic hydroxyl groups is 2. The largest absolute Gasteiger partial charge is 0.504 e. The van der Waals surface area contributed by atoms with E-state index in [1.165, 1.54) is 32.2 Å². The predicted molar refractivity (Wildman–Crippen MR) is 165 cm³/mol. The number of carboxylic acid groups (broad SMARTS) is 1. The first-order chi connectivity index (χ1) is 20.7. The smallest absolute Gasteiger partial charge is 0.347 e. The number of nitrogens with two attached hydrogens (primary N) is 1. The monoisotopic (exact) mass is 605 g/mol. The molecule has 0 spiro atoms. The Balaban J connectivity index is 0.000000249. The highest BCUT2D eigenvalue weighted by molar-refractivity contribution is 5.99. The fraction of sp³-hybridized carbons (Fsp3) is 0.273. The molecular weight excluding hydrogens is 570 g/mol. The van der Waals surface area contributed by atoms with Crippen LogP contribution in [-0.2, 0) is 11.2 Å². The number of aliphatic carboxylic acids is 1. The number of methoxy groups -OCH3 is 3. The van der Waals surface area contributed by atoms with Gasteiger partial charge in [-0.1, -0.05) is 18.2 Å². The number of ether oxygens (including phenoxy) is 4. The van der Waals surface area contributed by atoms with Gasteiger partial charge in [-0.05, 0) is 68.3 Å². The van der Waals surface area contributed by atoms with Crippen molar-refractivity contribution >= 4 is 23.0 Å². The molecule has 0 saturated heterocycles. The van der Waals surface area contributed by atoms with Gasteiger partial charge >= 0.3 is 11.6 Å². The van der Waals surface area contributed by atoms with E-state index in [-0.39, 0.29) is 17.9 Å². The van der Waals surface area contributed by atoms with Crippen molar-refractivity contribution in [1.82, 2.24) is 0 Å². The molecule has 0 amide bonds. The molecule has 1 aromatic heterocycles. The molecule has 0 bridgehead atoms. The third-order valence-electron chi connectivity index (χ3n) is 7.02. The Kier molecular flexibility index (Phi) is 8.82. The number of fused-ring (bicyclic) bond motifs is 2. The summed E-state index contributed by atoms with van der Waals surface area (Å²) in [4.78, 5) is 23.6. The minimum Gasteiger partial charge on any atom is -0.504 e. The van der Waals surface area contributed by atoms with E-state index in [0.29, 0.717) is 50.7 Å². The van der Waals surface area contributed by atoms with Crippen molar-refractivity contribution < 1.29 is 43.5 Å². The number of carboxylic acids is 1. The highest BCUT2D eigenvalue weighted by Gasteiger charge is 2.30. The van der Waals surface area contributed by atoms with E-state index in [2.05, 4.69) is 0 Å². The lowest BCUT2D eigenvalue weighted by Gasteiger charge is -2.29. The maximum atomic E-state index is 12.9. The average molecular weight is 606 g/mol. The molecule has 1 aliphatic heterocycles. The van der Waals surface area contributed by atoms with E-state index in [9.17, 15) is 14.7 Å². The molecule has 11 heteroatoms. The third kappa shape index (κ3) is 6.42. The molecule has 0 aliphatic carbocycles. The summed E-state index contributed by atoms with van der Waals surface area (Å²) in [5.74, 6) is 0.550. The molecule has 3 aromatic carbocycles. The molecule has 44 heavy (non-hydrogen) atoms. The van der Waals surface area contributed by atoms with Gasteiger partial charge in [-0.2, -0.15) is 0 Å². The third-order valence-corrected chi connectivity index (χ3v) is 7.02. The Labute approximate surface area is 253 Å². The number of hydrogen-bond acceptors (Lipinski definition) is 10. The van der Waals surface area contributed by atoms with Gasteiger partial charge in [0.05, 0.1) is 26.9 Å². The Morgan fingerprint density at radius 1 is 0.955 bits per heavy atom. The van der Waals surface area contributed by atoms with Crippen LogP contribution in [0.4, 0.5) is 0 Å². The van der Waals surface area contributed by atoms with Crippen molar-refractivity contribution in [2.75, 3.05) is 21.3 Å². The Morgan fingerprint density at radius 3 is 2.18 bits per heavy atom. The second-order valence-corrected chi connectivity index (χ2v) is 11.0. The minimum absolute atomic E-state index is 0.0795. The molecule has 5 rings (SSSR count). The summed E-state index contributed by atoms with van der Waals surface area (Å²) in [6, 6.07) is 12.9. The first-order valence-corrected chi connectivity index (χ1v) is 13.5. The summed E-state index contributed by atoms with van der Waals surface area (Å²) in [6.45, 7) is 5.29. The van der Waals surface area contributed by atoms with Gasteiger partial charge in [0.25, 0.3) is 0 Å². The van der Waals surface area contributed by atoms with Crippen molar-refractivity contribution in [2.24, 2.45) is 5.73 Å². The highest BCUT2D eigenvalue weighted by atomic mass is 16.5. The number of rotatable bonds is 7. The van der Waals surface area contributed by atoms with Crippen LogP contribution in [0.5, 0.6) is 34.5 Å². The van der Waals surface area contributed by atoms with Crippen LogP contribution < -0.4 is 30.3 Å². The molecule has 11 nitrogen and oxygen atoms in total. The standard InChI is InChI=1S/C23H22O6.C10H13NO4/c1-23(2)11-10-15-16(29-23)12-17-19(20(15)26-4)21(27-5)18(22(24)28-17)13-6-8-14(25-3)9-7-13;1-10(11,9(14)15)5-6-2-3-7(12)8(13)4-6/h6-12H,1-5H3;2-4,12-13H,5,11H2,1H3,(H,14,15).